The van der Waals surface area contributed by atoms with Crippen molar-refractivity contribution in [1.82, 2.24) is 0 Å². The number of benzene rings is 1. The van der Waals surface area contributed by atoms with E-state index in [1.165, 1.54) is 12.1 Å². The molecule has 0 spiro atoms. The lowest BCUT2D eigenvalue weighted by atomic mass is 10.1. The molecule has 1 aromatic rings. The Kier molecular flexibility index (Phi) is 4.70. The molecular formula is C12H15N3O4S. The molecule has 1 aromatic carbocycles. The maximum Gasteiger partial charge on any atom is 0.337 e. The summed E-state index contributed by atoms with van der Waals surface area (Å²) in [7, 11) is -2.33. The number of carboxylic acid groups (broad SMARTS) is 1. The number of carboxylic acids is 1. The second kappa shape index (κ2) is 5.90. The van der Waals surface area contributed by atoms with Crippen molar-refractivity contribution in [1.29, 1.82) is 5.26 Å². The van der Waals surface area contributed by atoms with Crippen LogP contribution in [0.3, 0.4) is 0 Å². The minimum atomic E-state index is -3.96. The SMILES string of the molecule is CC(C#N)CN(C)c1ccc(S(N)(=O)=O)cc1C(=O)O. The summed E-state index contributed by atoms with van der Waals surface area (Å²) >= 11 is 0. The van der Waals surface area contributed by atoms with Gasteiger partial charge in [0.15, 0.2) is 0 Å². The van der Waals surface area contributed by atoms with Crippen molar-refractivity contribution in [3.05, 3.63) is 23.8 Å². The molecule has 0 saturated carbocycles. The second-order valence-electron chi connectivity index (χ2n) is 4.44. The van der Waals surface area contributed by atoms with Crippen molar-refractivity contribution in [3.63, 3.8) is 0 Å². The normalized spacial score (nSPS) is 12.5. The number of hydrogen-bond acceptors (Lipinski definition) is 5. The van der Waals surface area contributed by atoms with Crippen LogP contribution in [-0.4, -0.2) is 33.1 Å². The van der Waals surface area contributed by atoms with Crippen LogP contribution >= 0.6 is 0 Å². The van der Waals surface area contributed by atoms with E-state index in [1.54, 1.807) is 18.9 Å². The molecule has 8 heteroatoms. The van der Waals surface area contributed by atoms with E-state index in [1.807, 2.05) is 6.07 Å². The predicted octanol–water partition coefficient (Wildman–Crippen LogP) is 0.628. The van der Waals surface area contributed by atoms with Crippen LogP contribution in [0.25, 0.3) is 0 Å². The lowest BCUT2D eigenvalue weighted by Gasteiger charge is -2.22. The molecule has 0 aromatic heterocycles. The number of sulfonamides is 1. The number of carbonyl (C=O) groups is 1. The van der Waals surface area contributed by atoms with E-state index in [9.17, 15) is 13.2 Å². The summed E-state index contributed by atoms with van der Waals surface area (Å²) in [6.45, 7) is 2.03. The van der Waals surface area contributed by atoms with Gasteiger partial charge in [-0.2, -0.15) is 5.26 Å². The van der Waals surface area contributed by atoms with Crippen molar-refractivity contribution in [2.75, 3.05) is 18.5 Å². The van der Waals surface area contributed by atoms with Gasteiger partial charge in [0.1, 0.15) is 0 Å². The third-order valence-corrected chi connectivity index (χ3v) is 3.62. The quantitative estimate of drug-likeness (QED) is 0.821. The van der Waals surface area contributed by atoms with Crippen LogP contribution in [0.4, 0.5) is 5.69 Å². The van der Waals surface area contributed by atoms with Crippen LogP contribution in [-0.2, 0) is 10.0 Å². The molecule has 0 fully saturated rings. The molecule has 108 valence electrons. The standard InChI is InChI=1S/C12H15N3O4S/c1-8(6-13)7-15(2)11-4-3-9(20(14,18)19)5-10(11)12(16)17/h3-5,8H,7H2,1-2H3,(H,16,17)(H2,14,18,19). The third kappa shape index (κ3) is 3.69. The molecular weight excluding hydrogens is 282 g/mol. The molecule has 0 bridgehead atoms. The summed E-state index contributed by atoms with van der Waals surface area (Å²) in [5.41, 5.74) is 0.149. The summed E-state index contributed by atoms with van der Waals surface area (Å²) in [6, 6.07) is 5.67. The van der Waals surface area contributed by atoms with Crippen LogP contribution in [0.15, 0.2) is 23.1 Å². The Morgan fingerprint density at radius 3 is 2.60 bits per heavy atom. The van der Waals surface area contributed by atoms with Gasteiger partial charge in [-0.3, -0.25) is 0 Å². The summed E-state index contributed by atoms with van der Waals surface area (Å²) in [5, 5.41) is 22.9. The Bertz CT molecular complexity index is 664. The zero-order chi connectivity index (χ0) is 15.5. The molecule has 0 amide bonds. The first-order valence-corrected chi connectivity index (χ1v) is 7.22. The maximum absolute atomic E-state index is 11.2. The van der Waals surface area contributed by atoms with Gasteiger partial charge in [-0.1, -0.05) is 0 Å². The van der Waals surface area contributed by atoms with E-state index in [-0.39, 0.29) is 16.4 Å². The van der Waals surface area contributed by atoms with Crippen LogP contribution < -0.4 is 10.0 Å². The molecule has 7 nitrogen and oxygen atoms in total. The van der Waals surface area contributed by atoms with Crippen LogP contribution in [0.5, 0.6) is 0 Å². The molecule has 0 aliphatic rings. The van der Waals surface area contributed by atoms with E-state index in [2.05, 4.69) is 0 Å². The largest absolute Gasteiger partial charge is 0.478 e. The number of hydrogen-bond donors (Lipinski definition) is 2. The van der Waals surface area contributed by atoms with Crippen LogP contribution in [0, 0.1) is 17.2 Å². The molecule has 0 aliphatic heterocycles. The highest BCUT2D eigenvalue weighted by Gasteiger charge is 2.19. The highest BCUT2D eigenvalue weighted by atomic mass is 32.2. The molecule has 1 unspecified atom stereocenters. The van der Waals surface area contributed by atoms with Gasteiger partial charge in [-0.25, -0.2) is 18.4 Å². The highest BCUT2D eigenvalue weighted by molar-refractivity contribution is 7.89. The van der Waals surface area contributed by atoms with Gasteiger partial charge in [-0.05, 0) is 25.1 Å². The fourth-order valence-corrected chi connectivity index (χ4v) is 2.29. The number of nitrogens with two attached hydrogens (primary N) is 1. The van der Waals surface area contributed by atoms with Crippen molar-refractivity contribution in [2.24, 2.45) is 11.1 Å². The zero-order valence-electron chi connectivity index (χ0n) is 11.1. The van der Waals surface area contributed by atoms with Gasteiger partial charge in [-0.15, -0.1) is 0 Å². The maximum atomic E-state index is 11.2. The number of rotatable bonds is 5. The zero-order valence-corrected chi connectivity index (χ0v) is 11.9. The smallest absolute Gasteiger partial charge is 0.337 e. The fraction of sp³-hybridized carbons (Fsp3) is 0.333. The number of primary sulfonamides is 1. The van der Waals surface area contributed by atoms with Crippen molar-refractivity contribution < 1.29 is 18.3 Å². The number of anilines is 1. The molecule has 0 saturated heterocycles. The number of nitrogens with zero attached hydrogens (tertiary/aromatic N) is 2. The Labute approximate surface area is 117 Å². The van der Waals surface area contributed by atoms with Crippen LogP contribution in [0.2, 0.25) is 0 Å². The average Bonchev–Trinajstić information content (AvgIpc) is 2.36. The molecule has 1 atom stereocenters. The van der Waals surface area contributed by atoms with Gasteiger partial charge < -0.3 is 10.0 Å². The van der Waals surface area contributed by atoms with Gasteiger partial charge in [0.2, 0.25) is 10.0 Å². The summed E-state index contributed by atoms with van der Waals surface area (Å²) < 4.78 is 22.5. The minimum Gasteiger partial charge on any atom is -0.478 e. The topological polar surface area (TPSA) is 124 Å². The highest BCUT2D eigenvalue weighted by Crippen LogP contribution is 2.23. The number of aromatic carboxylic acids is 1. The second-order valence-corrected chi connectivity index (χ2v) is 6.00. The lowest BCUT2D eigenvalue weighted by Crippen LogP contribution is -2.25. The van der Waals surface area contributed by atoms with Crippen molar-refractivity contribution >= 4 is 21.7 Å². The Hall–Kier alpha value is -2.11. The monoisotopic (exact) mass is 297 g/mol. The van der Waals surface area contributed by atoms with Crippen molar-refractivity contribution in [3.8, 4) is 6.07 Å². The molecule has 3 N–H and O–H groups in total. The van der Waals surface area contributed by atoms with Gasteiger partial charge in [0.25, 0.3) is 0 Å². The van der Waals surface area contributed by atoms with Crippen LogP contribution in [0.1, 0.15) is 17.3 Å². The van der Waals surface area contributed by atoms with E-state index in [0.717, 1.165) is 6.07 Å². The fourth-order valence-electron chi connectivity index (χ4n) is 1.75. The summed E-state index contributed by atoms with van der Waals surface area (Å²) in [6.07, 6.45) is 0. The number of nitriles is 1. The predicted molar refractivity (Wildman–Crippen MR) is 72.8 cm³/mol. The van der Waals surface area contributed by atoms with E-state index < -0.39 is 16.0 Å². The Balaban J connectivity index is 3.28. The van der Waals surface area contributed by atoms with E-state index >= 15 is 0 Å². The van der Waals surface area contributed by atoms with Gasteiger partial charge in [0, 0.05) is 13.6 Å². The minimum absolute atomic E-state index is 0.177. The summed E-state index contributed by atoms with van der Waals surface area (Å²) in [4.78, 5) is 12.6. The molecule has 0 radical (unpaired) electrons. The first-order chi connectivity index (χ1) is 9.16. The van der Waals surface area contributed by atoms with Gasteiger partial charge >= 0.3 is 5.97 Å². The first kappa shape index (κ1) is 15.9. The van der Waals surface area contributed by atoms with E-state index in [4.69, 9.17) is 15.5 Å². The van der Waals surface area contributed by atoms with Crippen molar-refractivity contribution in [2.45, 2.75) is 11.8 Å². The molecule has 0 aliphatic carbocycles. The summed E-state index contributed by atoms with van der Waals surface area (Å²) in [5.74, 6) is -1.55. The molecule has 0 heterocycles. The Morgan fingerprint density at radius 1 is 1.55 bits per heavy atom. The third-order valence-electron chi connectivity index (χ3n) is 2.71. The molecule has 1 rings (SSSR count). The molecule has 20 heavy (non-hydrogen) atoms. The van der Waals surface area contributed by atoms with Gasteiger partial charge in [0.05, 0.1) is 28.1 Å². The lowest BCUT2D eigenvalue weighted by molar-refractivity contribution is 0.0697. The van der Waals surface area contributed by atoms with E-state index in [0.29, 0.717) is 12.2 Å². The Morgan fingerprint density at radius 2 is 2.15 bits per heavy atom. The average molecular weight is 297 g/mol. The first-order valence-electron chi connectivity index (χ1n) is 5.67.